The van der Waals surface area contributed by atoms with E-state index in [1.54, 1.807) is 6.92 Å². The second-order valence-electron chi connectivity index (χ2n) is 4.18. The number of hydrogen-bond donors (Lipinski definition) is 1. The summed E-state index contributed by atoms with van der Waals surface area (Å²) in [6.07, 6.45) is -0.211. The molecule has 1 rings (SSSR count). The molecule has 1 aromatic heterocycles. The largest absolute Gasteiger partial charge is 0.481 e. The molecule has 0 saturated heterocycles. The maximum absolute atomic E-state index is 12.2. The maximum atomic E-state index is 12.2. The molecule has 0 aromatic carbocycles. The van der Waals surface area contributed by atoms with Crippen molar-refractivity contribution in [2.45, 2.75) is 19.4 Å². The molecule has 0 spiro atoms. The van der Waals surface area contributed by atoms with Gasteiger partial charge >= 0.3 is 5.97 Å². The van der Waals surface area contributed by atoms with Gasteiger partial charge in [-0.05, 0) is 18.4 Å². The van der Waals surface area contributed by atoms with Gasteiger partial charge < -0.3 is 5.11 Å². The van der Waals surface area contributed by atoms with Crippen molar-refractivity contribution < 1.29 is 18.3 Å². The van der Waals surface area contributed by atoms with E-state index >= 15 is 0 Å². The number of hydrogen-bond acceptors (Lipinski definition) is 4. The molecule has 1 N–H and O–H groups in total. The lowest BCUT2D eigenvalue weighted by molar-refractivity contribution is -0.137. The Morgan fingerprint density at radius 1 is 1.47 bits per heavy atom. The smallest absolute Gasteiger partial charge is 0.304 e. The van der Waals surface area contributed by atoms with Gasteiger partial charge in [0.05, 0.1) is 12.5 Å². The van der Waals surface area contributed by atoms with Gasteiger partial charge in [0.25, 0.3) is 10.2 Å². The highest BCUT2D eigenvalue weighted by molar-refractivity contribution is 7.86. The Morgan fingerprint density at radius 3 is 2.58 bits per heavy atom. The molecule has 0 amide bonds. The summed E-state index contributed by atoms with van der Waals surface area (Å²) < 4.78 is 26.8. The fourth-order valence-corrected chi connectivity index (χ4v) is 3.66. The topological polar surface area (TPSA) is 77.9 Å². The molecule has 0 fully saturated rings. The van der Waals surface area contributed by atoms with Crippen molar-refractivity contribution in [3.8, 4) is 0 Å². The number of carbonyl (C=O) groups is 1. The molecule has 0 aliphatic rings. The summed E-state index contributed by atoms with van der Waals surface area (Å²) in [5.74, 6) is -1.02. The average Bonchev–Trinajstić information content (AvgIpc) is 2.87. The molecule has 0 radical (unpaired) electrons. The van der Waals surface area contributed by atoms with Gasteiger partial charge in [-0.1, -0.05) is 6.07 Å². The van der Waals surface area contributed by atoms with E-state index in [0.717, 1.165) is 9.18 Å². The van der Waals surface area contributed by atoms with Crippen LogP contribution in [0, 0.1) is 0 Å². The zero-order chi connectivity index (χ0) is 14.6. The van der Waals surface area contributed by atoms with Gasteiger partial charge in [0, 0.05) is 25.5 Å². The van der Waals surface area contributed by atoms with E-state index in [0.29, 0.717) is 0 Å². The first kappa shape index (κ1) is 16.1. The van der Waals surface area contributed by atoms with Gasteiger partial charge in [0.1, 0.15) is 0 Å². The van der Waals surface area contributed by atoms with Gasteiger partial charge in [0.2, 0.25) is 0 Å². The van der Waals surface area contributed by atoms with Crippen LogP contribution in [0.3, 0.4) is 0 Å². The van der Waals surface area contributed by atoms with Crippen molar-refractivity contribution >= 4 is 27.5 Å². The van der Waals surface area contributed by atoms with Crippen molar-refractivity contribution in [1.29, 1.82) is 0 Å². The van der Waals surface area contributed by atoms with Crippen LogP contribution in [0.4, 0.5) is 0 Å². The van der Waals surface area contributed by atoms with Crippen molar-refractivity contribution in [3.63, 3.8) is 0 Å². The van der Waals surface area contributed by atoms with Crippen LogP contribution in [-0.2, 0) is 15.0 Å². The molecule has 0 aliphatic carbocycles. The van der Waals surface area contributed by atoms with E-state index in [2.05, 4.69) is 0 Å². The molecule has 0 aliphatic heterocycles. The monoisotopic (exact) mass is 306 g/mol. The first-order chi connectivity index (χ1) is 8.76. The van der Waals surface area contributed by atoms with Gasteiger partial charge in [-0.25, -0.2) is 0 Å². The Bertz CT molecular complexity index is 513. The third-order valence-electron chi connectivity index (χ3n) is 2.90. The molecule has 1 aromatic rings. The highest BCUT2D eigenvalue weighted by Gasteiger charge is 2.28. The quantitative estimate of drug-likeness (QED) is 0.826. The van der Waals surface area contributed by atoms with Gasteiger partial charge in [-0.15, -0.1) is 11.3 Å². The minimum atomic E-state index is -3.65. The van der Waals surface area contributed by atoms with Crippen LogP contribution in [0.1, 0.15) is 24.3 Å². The number of rotatable bonds is 7. The Morgan fingerprint density at radius 2 is 2.11 bits per heavy atom. The van der Waals surface area contributed by atoms with Gasteiger partial charge in [-0.2, -0.15) is 17.0 Å². The van der Waals surface area contributed by atoms with E-state index < -0.39 is 16.2 Å². The average molecular weight is 306 g/mol. The molecule has 0 bridgehead atoms. The summed E-state index contributed by atoms with van der Waals surface area (Å²) in [5.41, 5.74) is 0. The lowest BCUT2D eigenvalue weighted by Crippen LogP contribution is -2.41. The van der Waals surface area contributed by atoms with E-state index in [9.17, 15) is 13.2 Å². The van der Waals surface area contributed by atoms with Crippen LogP contribution >= 0.6 is 11.3 Å². The molecular weight excluding hydrogens is 288 g/mol. The Hall–Kier alpha value is -0.960. The highest BCUT2D eigenvalue weighted by atomic mass is 32.2. The molecule has 0 saturated carbocycles. The highest BCUT2D eigenvalue weighted by Crippen LogP contribution is 2.26. The summed E-state index contributed by atoms with van der Waals surface area (Å²) in [7, 11) is -0.768. The molecule has 1 unspecified atom stereocenters. The lowest BCUT2D eigenvalue weighted by Gasteiger charge is -2.28. The van der Waals surface area contributed by atoms with Crippen molar-refractivity contribution in [1.82, 2.24) is 8.61 Å². The van der Waals surface area contributed by atoms with E-state index in [1.807, 2.05) is 17.5 Å². The van der Waals surface area contributed by atoms with Crippen LogP contribution < -0.4 is 0 Å². The lowest BCUT2D eigenvalue weighted by atomic mass is 10.3. The third kappa shape index (κ3) is 4.00. The standard InChI is InChI=1S/C11H18N2O4S2/c1-9(10-5-4-8-18-10)13(3)19(16,17)12(2)7-6-11(14)15/h4-5,8-9H,6-7H2,1-3H3,(H,14,15). The fraction of sp³-hybridized carbons (Fsp3) is 0.545. The summed E-state index contributed by atoms with van der Waals surface area (Å²) in [5, 5.41) is 10.5. The van der Waals surface area contributed by atoms with Gasteiger partial charge in [-0.3, -0.25) is 4.79 Å². The third-order valence-corrected chi connectivity index (χ3v) is 5.96. The second kappa shape index (κ2) is 6.47. The van der Waals surface area contributed by atoms with Crippen LogP contribution in [-0.4, -0.2) is 48.7 Å². The summed E-state index contributed by atoms with van der Waals surface area (Å²) >= 11 is 1.49. The van der Waals surface area contributed by atoms with Crippen molar-refractivity contribution in [2.75, 3.05) is 20.6 Å². The van der Waals surface area contributed by atoms with Crippen LogP contribution in [0.15, 0.2) is 17.5 Å². The van der Waals surface area contributed by atoms with Crippen molar-refractivity contribution in [2.24, 2.45) is 0 Å². The normalized spacial score (nSPS) is 13.9. The Balaban J connectivity index is 2.78. The van der Waals surface area contributed by atoms with E-state index in [4.69, 9.17) is 5.11 Å². The molecule has 8 heteroatoms. The van der Waals surface area contributed by atoms with E-state index in [1.165, 1.54) is 29.7 Å². The maximum Gasteiger partial charge on any atom is 0.304 e. The number of thiophene rings is 1. The first-order valence-electron chi connectivity index (χ1n) is 5.71. The molecule has 1 heterocycles. The predicted molar refractivity (Wildman–Crippen MR) is 74.3 cm³/mol. The van der Waals surface area contributed by atoms with Crippen LogP contribution in [0.2, 0.25) is 0 Å². The number of carboxylic acid groups (broad SMARTS) is 1. The zero-order valence-electron chi connectivity index (χ0n) is 11.1. The van der Waals surface area contributed by atoms with Crippen LogP contribution in [0.5, 0.6) is 0 Å². The summed E-state index contributed by atoms with van der Waals surface area (Å²) in [4.78, 5) is 11.4. The minimum Gasteiger partial charge on any atom is -0.481 e. The number of nitrogens with zero attached hydrogens (tertiary/aromatic N) is 2. The Kier molecular flexibility index (Phi) is 5.48. The molecule has 6 nitrogen and oxygen atoms in total. The molecule has 108 valence electrons. The molecular formula is C11H18N2O4S2. The second-order valence-corrected chi connectivity index (χ2v) is 7.25. The predicted octanol–water partition coefficient (Wildman–Crippen LogP) is 1.39. The first-order valence-corrected chi connectivity index (χ1v) is 7.99. The minimum absolute atomic E-state index is 0.0425. The molecule has 1 atom stereocenters. The SMILES string of the molecule is CC(c1cccs1)N(C)S(=O)(=O)N(C)CCC(=O)O. The van der Waals surface area contributed by atoms with Gasteiger partial charge in [0.15, 0.2) is 0 Å². The van der Waals surface area contributed by atoms with Crippen molar-refractivity contribution in [3.05, 3.63) is 22.4 Å². The molecule has 19 heavy (non-hydrogen) atoms. The van der Waals surface area contributed by atoms with Crippen LogP contribution in [0.25, 0.3) is 0 Å². The summed E-state index contributed by atoms with van der Waals surface area (Å²) in [6, 6.07) is 3.46. The zero-order valence-corrected chi connectivity index (χ0v) is 12.7. The van der Waals surface area contributed by atoms with E-state index in [-0.39, 0.29) is 19.0 Å². The Labute approximate surface area is 117 Å². The fourth-order valence-electron chi connectivity index (χ4n) is 1.50. The number of carboxylic acids is 1. The summed E-state index contributed by atoms with van der Waals surface area (Å²) in [6.45, 7) is 1.76. The number of aliphatic carboxylic acids is 1.